The lowest BCUT2D eigenvalue weighted by molar-refractivity contribution is 0.191. The first kappa shape index (κ1) is 13.8. The molecule has 0 unspecified atom stereocenters. The molecule has 0 radical (unpaired) electrons. The van der Waals surface area contributed by atoms with Crippen molar-refractivity contribution in [2.24, 2.45) is 5.41 Å². The lowest BCUT2D eigenvalue weighted by Crippen LogP contribution is -2.35. The van der Waals surface area contributed by atoms with Gasteiger partial charge in [0.05, 0.1) is 17.2 Å². The maximum absolute atomic E-state index is 12.3. The van der Waals surface area contributed by atoms with Crippen LogP contribution < -0.4 is 5.56 Å². The van der Waals surface area contributed by atoms with Gasteiger partial charge in [0.15, 0.2) is 0 Å². The molecule has 1 saturated carbocycles. The van der Waals surface area contributed by atoms with Crippen molar-refractivity contribution >= 4 is 27.0 Å². The monoisotopic (exact) mass is 334 g/mol. The van der Waals surface area contributed by atoms with Crippen LogP contribution in [0.1, 0.15) is 32.1 Å². The highest BCUT2D eigenvalue weighted by molar-refractivity contribution is 9.09. The minimum atomic E-state index is 0.00889. The number of alkyl halides is 1. The molecule has 1 aliphatic carbocycles. The molecule has 0 spiro atoms. The van der Waals surface area contributed by atoms with Crippen LogP contribution in [-0.4, -0.2) is 14.9 Å². The Balaban J connectivity index is 2.05. The van der Waals surface area contributed by atoms with E-state index in [0.29, 0.717) is 0 Å². The molecule has 3 rings (SSSR count). The molecule has 0 bridgehead atoms. The normalized spacial score (nSPS) is 18.2. The van der Waals surface area contributed by atoms with Gasteiger partial charge in [-0.1, -0.05) is 47.3 Å². The van der Waals surface area contributed by atoms with E-state index in [-0.39, 0.29) is 11.0 Å². The number of hydrogen-bond donors (Lipinski definition) is 0. The Kier molecular flexibility index (Phi) is 3.92. The number of hydrogen-bond acceptors (Lipinski definition) is 2. The summed E-state index contributed by atoms with van der Waals surface area (Å²) in [6.07, 6.45) is 7.70. The Morgan fingerprint density at radius 2 is 1.95 bits per heavy atom. The van der Waals surface area contributed by atoms with Gasteiger partial charge < -0.3 is 4.57 Å². The van der Waals surface area contributed by atoms with Gasteiger partial charge in [0, 0.05) is 11.9 Å². The van der Waals surface area contributed by atoms with Crippen molar-refractivity contribution < 1.29 is 0 Å². The summed E-state index contributed by atoms with van der Waals surface area (Å²) in [5.74, 6) is 0. The zero-order valence-corrected chi connectivity index (χ0v) is 13.1. The van der Waals surface area contributed by atoms with Crippen LogP contribution in [0.5, 0.6) is 0 Å². The van der Waals surface area contributed by atoms with Crippen molar-refractivity contribution in [1.82, 2.24) is 9.55 Å². The van der Waals surface area contributed by atoms with Crippen LogP contribution in [0.4, 0.5) is 0 Å². The van der Waals surface area contributed by atoms with Crippen molar-refractivity contribution in [2.75, 3.05) is 5.33 Å². The molecule has 2 aromatic rings. The summed E-state index contributed by atoms with van der Waals surface area (Å²) < 4.78 is 1.91. The lowest BCUT2D eigenvalue weighted by Gasteiger charge is -2.36. The molecule has 0 atom stereocenters. The minimum absolute atomic E-state index is 0.00889. The van der Waals surface area contributed by atoms with Gasteiger partial charge in [-0.25, -0.2) is 4.98 Å². The number of aromatic nitrogens is 2. The Labute approximate surface area is 127 Å². The highest BCUT2D eigenvalue weighted by atomic mass is 79.9. The fourth-order valence-electron chi connectivity index (χ4n) is 3.25. The van der Waals surface area contributed by atoms with Crippen LogP contribution in [0.15, 0.2) is 35.3 Å². The molecular formula is C16H19BrN2O. The third-order valence-corrected chi connectivity index (χ3v) is 5.63. The van der Waals surface area contributed by atoms with Crippen LogP contribution in [0.25, 0.3) is 11.0 Å². The Morgan fingerprint density at radius 3 is 2.70 bits per heavy atom. The molecule has 1 aromatic heterocycles. The van der Waals surface area contributed by atoms with Crippen LogP contribution in [0.2, 0.25) is 0 Å². The van der Waals surface area contributed by atoms with Gasteiger partial charge in [0.25, 0.3) is 5.56 Å². The van der Waals surface area contributed by atoms with Crippen molar-refractivity contribution in [3.05, 3.63) is 40.8 Å². The number of nitrogens with zero attached hydrogens (tertiary/aromatic N) is 2. The van der Waals surface area contributed by atoms with E-state index < -0.39 is 0 Å². The molecule has 0 amide bonds. The van der Waals surface area contributed by atoms with E-state index in [1.807, 2.05) is 28.8 Å². The molecule has 106 valence electrons. The van der Waals surface area contributed by atoms with Crippen molar-refractivity contribution in [3.8, 4) is 0 Å². The zero-order chi connectivity index (χ0) is 14.0. The Bertz CT molecular complexity index is 659. The first-order chi connectivity index (χ1) is 9.74. The van der Waals surface area contributed by atoms with Crippen LogP contribution in [-0.2, 0) is 6.54 Å². The van der Waals surface area contributed by atoms with Crippen LogP contribution in [0.3, 0.4) is 0 Å². The zero-order valence-electron chi connectivity index (χ0n) is 11.5. The number of halogens is 1. The van der Waals surface area contributed by atoms with E-state index in [1.54, 1.807) is 0 Å². The lowest BCUT2D eigenvalue weighted by atomic mass is 9.75. The van der Waals surface area contributed by atoms with Gasteiger partial charge in [-0.05, 0) is 30.4 Å². The smallest absolute Gasteiger partial charge is 0.269 e. The summed E-state index contributed by atoms with van der Waals surface area (Å²) in [4.78, 5) is 16.5. The predicted octanol–water partition coefficient (Wildman–Crippen LogP) is 3.74. The standard InChI is InChI=1S/C16H19BrN2O/c17-11-16(8-4-1-5-9-16)12-19-14-7-3-2-6-13(14)18-10-15(19)20/h2-3,6-7,10H,1,4-5,8-9,11-12H2. The van der Waals surface area contributed by atoms with Crippen LogP contribution in [0, 0.1) is 5.41 Å². The van der Waals surface area contributed by atoms with Gasteiger partial charge in [0.2, 0.25) is 0 Å². The van der Waals surface area contributed by atoms with E-state index in [4.69, 9.17) is 0 Å². The molecule has 0 saturated heterocycles. The van der Waals surface area contributed by atoms with Gasteiger partial charge in [-0.3, -0.25) is 4.79 Å². The minimum Gasteiger partial charge on any atom is -0.305 e. The summed E-state index contributed by atoms with van der Waals surface area (Å²) in [7, 11) is 0. The first-order valence-electron chi connectivity index (χ1n) is 7.25. The fraction of sp³-hybridized carbons (Fsp3) is 0.500. The van der Waals surface area contributed by atoms with Crippen molar-refractivity contribution in [1.29, 1.82) is 0 Å². The summed E-state index contributed by atoms with van der Waals surface area (Å²) >= 11 is 3.68. The highest BCUT2D eigenvalue weighted by Gasteiger charge is 2.32. The Hall–Kier alpha value is -1.16. The van der Waals surface area contributed by atoms with E-state index in [0.717, 1.165) is 22.9 Å². The van der Waals surface area contributed by atoms with E-state index >= 15 is 0 Å². The third kappa shape index (κ3) is 2.53. The molecule has 1 heterocycles. The summed E-state index contributed by atoms with van der Waals surface area (Å²) in [5.41, 5.74) is 2.07. The molecule has 0 aliphatic heterocycles. The topological polar surface area (TPSA) is 34.9 Å². The van der Waals surface area contributed by atoms with E-state index in [1.165, 1.54) is 38.3 Å². The quantitative estimate of drug-likeness (QED) is 0.801. The fourth-order valence-corrected chi connectivity index (χ4v) is 3.99. The maximum atomic E-state index is 12.3. The number of rotatable bonds is 3. The first-order valence-corrected chi connectivity index (χ1v) is 8.37. The van der Waals surface area contributed by atoms with Crippen molar-refractivity contribution in [3.63, 3.8) is 0 Å². The summed E-state index contributed by atoms with van der Waals surface area (Å²) in [5, 5.41) is 0.961. The summed E-state index contributed by atoms with van der Waals surface area (Å²) in [6, 6.07) is 7.90. The third-order valence-electron chi connectivity index (χ3n) is 4.44. The van der Waals surface area contributed by atoms with Crippen LogP contribution >= 0.6 is 15.9 Å². The molecule has 1 fully saturated rings. The maximum Gasteiger partial charge on any atom is 0.269 e. The predicted molar refractivity (Wildman–Crippen MR) is 85.3 cm³/mol. The largest absolute Gasteiger partial charge is 0.305 e. The molecule has 20 heavy (non-hydrogen) atoms. The average molecular weight is 335 g/mol. The second kappa shape index (κ2) is 5.68. The molecule has 3 nitrogen and oxygen atoms in total. The van der Waals surface area contributed by atoms with E-state index in [2.05, 4.69) is 20.9 Å². The SMILES string of the molecule is O=c1cnc2ccccc2n1CC1(CBr)CCCCC1. The second-order valence-electron chi connectivity index (χ2n) is 5.87. The van der Waals surface area contributed by atoms with Gasteiger partial charge in [-0.2, -0.15) is 0 Å². The summed E-state index contributed by atoms with van der Waals surface area (Å²) in [6.45, 7) is 0.792. The molecule has 1 aliphatic rings. The number of fused-ring (bicyclic) bond motifs is 1. The van der Waals surface area contributed by atoms with Crippen molar-refractivity contribution in [2.45, 2.75) is 38.6 Å². The second-order valence-corrected chi connectivity index (χ2v) is 6.43. The van der Waals surface area contributed by atoms with Gasteiger partial charge in [0.1, 0.15) is 0 Å². The molecule has 0 N–H and O–H groups in total. The number of para-hydroxylation sites is 2. The van der Waals surface area contributed by atoms with E-state index in [9.17, 15) is 4.79 Å². The highest BCUT2D eigenvalue weighted by Crippen LogP contribution is 2.39. The number of benzene rings is 1. The molecule has 1 aromatic carbocycles. The van der Waals surface area contributed by atoms with Gasteiger partial charge >= 0.3 is 0 Å². The van der Waals surface area contributed by atoms with Gasteiger partial charge in [-0.15, -0.1) is 0 Å². The average Bonchev–Trinajstić information content (AvgIpc) is 2.51. The molecular weight excluding hydrogens is 316 g/mol. The molecule has 4 heteroatoms. The Morgan fingerprint density at radius 1 is 1.20 bits per heavy atom.